The Morgan fingerprint density at radius 3 is 2.00 bits per heavy atom. The molecule has 0 rings (SSSR count). The average Bonchev–Trinajstić information content (AvgIpc) is 1.85. The van der Waals surface area contributed by atoms with Crippen molar-refractivity contribution in [3.63, 3.8) is 0 Å². The first-order valence-corrected chi connectivity index (χ1v) is 5.35. The van der Waals surface area contributed by atoms with Gasteiger partial charge in [0.15, 0.2) is 4.11 Å². The van der Waals surface area contributed by atoms with E-state index in [0.29, 0.717) is 5.92 Å². The number of esters is 1. The van der Waals surface area contributed by atoms with Crippen LogP contribution in [-0.2, 0) is 9.53 Å². The molecular weight excluding hydrogens is 267 g/mol. The zero-order chi connectivity index (χ0) is 9.94. The molecule has 0 fully saturated rings. The van der Waals surface area contributed by atoms with E-state index in [1.807, 2.05) is 34.6 Å². The summed E-state index contributed by atoms with van der Waals surface area (Å²) < 4.78 is 5.20. The number of hydrogen-bond donors (Lipinski definition) is 0. The molecule has 0 aromatic carbocycles. The molecule has 0 heterocycles. The minimum absolute atomic E-state index is 0.0191. The van der Waals surface area contributed by atoms with E-state index < -0.39 is 5.41 Å². The molecule has 72 valence electrons. The second-order valence-corrected chi connectivity index (χ2v) is 5.48. The summed E-state index contributed by atoms with van der Waals surface area (Å²) in [5.74, 6) is 0.243. The maximum atomic E-state index is 11.4. The lowest BCUT2D eigenvalue weighted by atomic mass is 9.97. The van der Waals surface area contributed by atoms with Crippen LogP contribution < -0.4 is 0 Å². The maximum absolute atomic E-state index is 11.4. The first-order valence-electron chi connectivity index (χ1n) is 4.10. The molecule has 0 radical (unpaired) electrons. The molecule has 0 saturated heterocycles. The van der Waals surface area contributed by atoms with Gasteiger partial charge in [0.25, 0.3) is 0 Å². The summed E-state index contributed by atoms with van der Waals surface area (Å²) in [5.41, 5.74) is -0.391. The van der Waals surface area contributed by atoms with E-state index in [1.165, 1.54) is 0 Å². The number of ether oxygens (including phenoxy) is 1. The van der Waals surface area contributed by atoms with E-state index in [9.17, 15) is 4.79 Å². The Kier molecular flexibility index (Phi) is 4.51. The van der Waals surface area contributed by atoms with Crippen molar-refractivity contribution in [2.45, 2.75) is 38.7 Å². The number of alkyl halides is 1. The molecule has 0 N–H and O–H groups in total. The zero-order valence-electron chi connectivity index (χ0n) is 8.35. The third-order valence-corrected chi connectivity index (χ3v) is 3.05. The van der Waals surface area contributed by atoms with Crippen LogP contribution in [0.4, 0.5) is 0 Å². The molecule has 2 nitrogen and oxygen atoms in total. The highest BCUT2D eigenvalue weighted by Gasteiger charge is 2.26. The molecular formula is C9H17IO2. The lowest BCUT2D eigenvalue weighted by Crippen LogP contribution is -2.27. The lowest BCUT2D eigenvalue weighted by Gasteiger charge is -2.21. The molecule has 0 aliphatic carbocycles. The fraction of sp³-hybridized carbons (Fsp3) is 0.889. The van der Waals surface area contributed by atoms with Gasteiger partial charge in [-0.3, -0.25) is 4.79 Å². The van der Waals surface area contributed by atoms with Gasteiger partial charge in [-0.25, -0.2) is 0 Å². The Bertz CT molecular complexity index is 158. The van der Waals surface area contributed by atoms with Crippen molar-refractivity contribution in [3.05, 3.63) is 0 Å². The molecule has 0 aliphatic heterocycles. The molecule has 0 aromatic rings. The van der Waals surface area contributed by atoms with Crippen LogP contribution in [0, 0.1) is 11.3 Å². The summed E-state index contributed by atoms with van der Waals surface area (Å²) in [5, 5.41) is 0. The highest BCUT2D eigenvalue weighted by Crippen LogP contribution is 2.21. The van der Waals surface area contributed by atoms with E-state index in [-0.39, 0.29) is 10.1 Å². The first kappa shape index (κ1) is 12.2. The Labute approximate surface area is 88.2 Å². The SMILES string of the molecule is CC(C)C(I)OC(=O)C(C)(C)C. The summed E-state index contributed by atoms with van der Waals surface area (Å²) in [4.78, 5) is 11.4. The molecule has 1 unspecified atom stereocenters. The Balaban J connectivity index is 4.02. The molecule has 12 heavy (non-hydrogen) atoms. The quantitative estimate of drug-likeness (QED) is 0.442. The Morgan fingerprint density at radius 2 is 1.75 bits per heavy atom. The fourth-order valence-electron chi connectivity index (χ4n) is 0.415. The largest absolute Gasteiger partial charge is 0.451 e. The lowest BCUT2D eigenvalue weighted by molar-refractivity contribution is -0.155. The highest BCUT2D eigenvalue weighted by atomic mass is 127. The van der Waals surface area contributed by atoms with Gasteiger partial charge in [-0.15, -0.1) is 0 Å². The van der Waals surface area contributed by atoms with Crippen LogP contribution in [0.3, 0.4) is 0 Å². The highest BCUT2D eigenvalue weighted by molar-refractivity contribution is 14.1. The molecule has 0 aromatic heterocycles. The average molecular weight is 284 g/mol. The number of halogens is 1. The van der Waals surface area contributed by atoms with Gasteiger partial charge >= 0.3 is 5.97 Å². The minimum atomic E-state index is -0.391. The second kappa shape index (κ2) is 4.44. The molecule has 1 atom stereocenters. The monoisotopic (exact) mass is 284 g/mol. The van der Waals surface area contributed by atoms with Gasteiger partial charge in [0.05, 0.1) is 5.41 Å². The number of carbonyl (C=O) groups excluding carboxylic acids is 1. The van der Waals surface area contributed by atoms with E-state index in [1.54, 1.807) is 0 Å². The predicted molar refractivity (Wildman–Crippen MR) is 58.2 cm³/mol. The van der Waals surface area contributed by atoms with Gasteiger partial charge < -0.3 is 4.74 Å². The van der Waals surface area contributed by atoms with Crippen LogP contribution in [0.1, 0.15) is 34.6 Å². The van der Waals surface area contributed by atoms with E-state index in [0.717, 1.165) is 0 Å². The first-order chi connectivity index (χ1) is 5.25. The molecule has 3 heteroatoms. The van der Waals surface area contributed by atoms with E-state index >= 15 is 0 Å². The Hall–Kier alpha value is 0.200. The van der Waals surface area contributed by atoms with E-state index in [2.05, 4.69) is 22.6 Å². The molecule has 0 spiro atoms. The summed E-state index contributed by atoms with van der Waals surface area (Å²) in [6.07, 6.45) is 0. The van der Waals surface area contributed by atoms with Crippen molar-refractivity contribution < 1.29 is 9.53 Å². The summed E-state index contributed by atoms with van der Waals surface area (Å²) >= 11 is 2.14. The molecule has 0 amide bonds. The summed E-state index contributed by atoms with van der Waals surface area (Å²) in [7, 11) is 0. The number of carbonyl (C=O) groups is 1. The zero-order valence-corrected chi connectivity index (χ0v) is 10.5. The fourth-order valence-corrected chi connectivity index (χ4v) is 0.646. The van der Waals surface area contributed by atoms with Crippen LogP contribution in [0.5, 0.6) is 0 Å². The van der Waals surface area contributed by atoms with Crippen LogP contribution in [0.2, 0.25) is 0 Å². The van der Waals surface area contributed by atoms with Gasteiger partial charge in [-0.05, 0) is 49.3 Å². The third kappa shape index (κ3) is 4.28. The molecule has 0 saturated carbocycles. The third-order valence-electron chi connectivity index (χ3n) is 1.36. The topological polar surface area (TPSA) is 26.3 Å². The standard InChI is InChI=1S/C9H17IO2/c1-6(2)7(10)12-8(11)9(3,4)5/h6-7H,1-5H3. The number of rotatable bonds is 2. The van der Waals surface area contributed by atoms with Gasteiger partial charge in [-0.1, -0.05) is 13.8 Å². The van der Waals surface area contributed by atoms with E-state index in [4.69, 9.17) is 4.74 Å². The minimum Gasteiger partial charge on any atom is -0.451 e. The Morgan fingerprint density at radius 1 is 1.33 bits per heavy atom. The smallest absolute Gasteiger partial charge is 0.312 e. The van der Waals surface area contributed by atoms with Crippen molar-refractivity contribution in [1.82, 2.24) is 0 Å². The van der Waals surface area contributed by atoms with Gasteiger partial charge in [0, 0.05) is 0 Å². The maximum Gasteiger partial charge on any atom is 0.312 e. The van der Waals surface area contributed by atoms with Gasteiger partial charge in [0.1, 0.15) is 0 Å². The van der Waals surface area contributed by atoms with Gasteiger partial charge in [-0.2, -0.15) is 0 Å². The predicted octanol–water partition coefficient (Wildman–Crippen LogP) is 2.99. The van der Waals surface area contributed by atoms with Crippen molar-refractivity contribution in [2.24, 2.45) is 11.3 Å². The molecule has 0 aliphatic rings. The van der Waals surface area contributed by atoms with Crippen molar-refractivity contribution in [1.29, 1.82) is 0 Å². The van der Waals surface area contributed by atoms with Crippen LogP contribution >= 0.6 is 22.6 Å². The second-order valence-electron chi connectivity index (χ2n) is 4.25. The van der Waals surface area contributed by atoms with Crippen LogP contribution in [0.25, 0.3) is 0 Å². The summed E-state index contributed by atoms with van der Waals surface area (Å²) in [6.45, 7) is 9.65. The van der Waals surface area contributed by atoms with Crippen molar-refractivity contribution >= 4 is 28.6 Å². The summed E-state index contributed by atoms with van der Waals surface area (Å²) in [6, 6.07) is 0. The van der Waals surface area contributed by atoms with Gasteiger partial charge in [0.2, 0.25) is 0 Å². The number of hydrogen-bond acceptors (Lipinski definition) is 2. The normalized spacial score (nSPS) is 14.6. The molecule has 0 bridgehead atoms. The van der Waals surface area contributed by atoms with Crippen molar-refractivity contribution in [2.75, 3.05) is 0 Å². The van der Waals surface area contributed by atoms with Crippen LogP contribution in [-0.4, -0.2) is 10.1 Å². The van der Waals surface area contributed by atoms with Crippen LogP contribution in [0.15, 0.2) is 0 Å². The van der Waals surface area contributed by atoms with Crippen molar-refractivity contribution in [3.8, 4) is 0 Å².